The lowest BCUT2D eigenvalue weighted by molar-refractivity contribution is 0.275. The molecule has 18 heavy (non-hydrogen) atoms. The minimum Gasteiger partial charge on any atom is -0.390 e. The van der Waals surface area contributed by atoms with Crippen LogP contribution in [0.25, 0.3) is 0 Å². The molecule has 1 aromatic carbocycles. The Kier molecular flexibility index (Phi) is 3.89. The maximum atomic E-state index is 8.92. The molecule has 1 N–H and O–H groups in total. The molecule has 0 saturated carbocycles. The zero-order valence-electron chi connectivity index (χ0n) is 10.7. The summed E-state index contributed by atoms with van der Waals surface area (Å²) in [6.07, 6.45) is 0. The number of aliphatic hydroxyl groups is 1. The van der Waals surface area contributed by atoms with Gasteiger partial charge in [-0.2, -0.15) is 5.10 Å². The third-order valence-corrected chi connectivity index (χ3v) is 2.76. The summed E-state index contributed by atoms with van der Waals surface area (Å²) in [5.41, 5.74) is 3.08. The van der Waals surface area contributed by atoms with Crippen molar-refractivity contribution in [1.82, 2.24) is 10.2 Å². The van der Waals surface area contributed by atoms with E-state index in [0.29, 0.717) is 5.69 Å². The Morgan fingerprint density at radius 2 is 2.00 bits per heavy atom. The number of hydrogen-bond donors (Lipinski definition) is 1. The lowest BCUT2D eigenvalue weighted by Crippen LogP contribution is -2.18. The summed E-state index contributed by atoms with van der Waals surface area (Å²) >= 11 is 0. The van der Waals surface area contributed by atoms with E-state index in [-0.39, 0.29) is 6.61 Å². The highest BCUT2D eigenvalue weighted by Gasteiger charge is 2.04. The Balaban J connectivity index is 2.09. The second-order valence-electron chi connectivity index (χ2n) is 4.39. The van der Waals surface area contributed by atoms with E-state index in [9.17, 15) is 0 Å². The summed E-state index contributed by atoms with van der Waals surface area (Å²) in [4.78, 5) is 2.03. The lowest BCUT2D eigenvalue weighted by Gasteiger charge is -2.17. The van der Waals surface area contributed by atoms with Crippen molar-refractivity contribution in [2.24, 2.45) is 0 Å². The van der Waals surface area contributed by atoms with Crippen LogP contribution in [-0.2, 0) is 13.2 Å². The maximum absolute atomic E-state index is 8.92. The molecule has 0 atom stereocenters. The standard InChI is InChI=1S/C14H17N3O/c1-11-4-3-5-12(8-11)9-17(2)14-7-6-13(10-18)15-16-14/h3-8,18H,9-10H2,1-2H3. The highest BCUT2D eigenvalue weighted by Crippen LogP contribution is 2.12. The summed E-state index contributed by atoms with van der Waals surface area (Å²) in [7, 11) is 1.98. The van der Waals surface area contributed by atoms with Crippen LogP contribution in [0.2, 0.25) is 0 Å². The summed E-state index contributed by atoms with van der Waals surface area (Å²) in [5, 5.41) is 16.9. The lowest BCUT2D eigenvalue weighted by atomic mass is 10.1. The Morgan fingerprint density at radius 1 is 1.17 bits per heavy atom. The fraction of sp³-hybridized carbons (Fsp3) is 0.286. The van der Waals surface area contributed by atoms with E-state index in [1.54, 1.807) is 6.07 Å². The second kappa shape index (κ2) is 5.60. The smallest absolute Gasteiger partial charge is 0.151 e. The number of hydrogen-bond acceptors (Lipinski definition) is 4. The van der Waals surface area contributed by atoms with Crippen molar-refractivity contribution in [3.63, 3.8) is 0 Å². The first-order valence-corrected chi connectivity index (χ1v) is 5.89. The predicted molar refractivity (Wildman–Crippen MR) is 71.2 cm³/mol. The molecule has 0 saturated heterocycles. The van der Waals surface area contributed by atoms with Crippen LogP contribution < -0.4 is 4.90 Å². The van der Waals surface area contributed by atoms with Crippen LogP contribution in [0.15, 0.2) is 36.4 Å². The van der Waals surface area contributed by atoms with Gasteiger partial charge in [0.05, 0.1) is 12.3 Å². The van der Waals surface area contributed by atoms with Gasteiger partial charge < -0.3 is 10.0 Å². The SMILES string of the molecule is Cc1cccc(CN(C)c2ccc(CO)nn2)c1. The molecular weight excluding hydrogens is 226 g/mol. The maximum Gasteiger partial charge on any atom is 0.151 e. The molecule has 0 unspecified atom stereocenters. The minimum atomic E-state index is -0.0745. The van der Waals surface area contributed by atoms with Gasteiger partial charge >= 0.3 is 0 Å². The molecule has 0 bridgehead atoms. The first kappa shape index (κ1) is 12.5. The second-order valence-corrected chi connectivity index (χ2v) is 4.39. The first-order valence-electron chi connectivity index (χ1n) is 5.89. The van der Waals surface area contributed by atoms with E-state index < -0.39 is 0 Å². The molecule has 2 rings (SSSR count). The normalized spacial score (nSPS) is 10.4. The monoisotopic (exact) mass is 243 g/mol. The zero-order valence-corrected chi connectivity index (χ0v) is 10.7. The molecule has 2 aromatic rings. The number of aliphatic hydroxyl groups excluding tert-OH is 1. The molecule has 0 aliphatic carbocycles. The molecule has 1 aromatic heterocycles. The summed E-state index contributed by atoms with van der Waals surface area (Å²) in [6.45, 7) is 2.79. The van der Waals surface area contributed by atoms with Crippen molar-refractivity contribution in [3.8, 4) is 0 Å². The Bertz CT molecular complexity index is 511. The van der Waals surface area contributed by atoms with Gasteiger partial charge in [0.1, 0.15) is 0 Å². The van der Waals surface area contributed by atoms with E-state index in [1.807, 2.05) is 18.0 Å². The van der Waals surface area contributed by atoms with Crippen molar-refractivity contribution in [1.29, 1.82) is 0 Å². The van der Waals surface area contributed by atoms with Crippen molar-refractivity contribution in [2.75, 3.05) is 11.9 Å². The third kappa shape index (κ3) is 3.05. The van der Waals surface area contributed by atoms with Crippen LogP contribution in [0.1, 0.15) is 16.8 Å². The molecule has 0 spiro atoms. The zero-order chi connectivity index (χ0) is 13.0. The van der Waals surface area contributed by atoms with Gasteiger partial charge in [0, 0.05) is 13.6 Å². The van der Waals surface area contributed by atoms with E-state index in [0.717, 1.165) is 12.4 Å². The fourth-order valence-corrected chi connectivity index (χ4v) is 1.81. The number of aromatic nitrogens is 2. The van der Waals surface area contributed by atoms with Crippen LogP contribution in [0.5, 0.6) is 0 Å². The molecule has 1 heterocycles. The van der Waals surface area contributed by atoms with Gasteiger partial charge in [-0.3, -0.25) is 0 Å². The first-order chi connectivity index (χ1) is 8.69. The van der Waals surface area contributed by atoms with Gasteiger partial charge in [-0.05, 0) is 24.6 Å². The van der Waals surface area contributed by atoms with Crippen molar-refractivity contribution >= 4 is 5.82 Å². The molecule has 94 valence electrons. The molecular formula is C14H17N3O. The molecule has 0 aliphatic heterocycles. The predicted octanol–water partition coefficient (Wildman–Crippen LogP) is 1.91. The Labute approximate surface area is 107 Å². The van der Waals surface area contributed by atoms with Crippen molar-refractivity contribution in [3.05, 3.63) is 53.2 Å². The molecule has 0 radical (unpaired) electrons. The average Bonchev–Trinajstić information content (AvgIpc) is 2.39. The highest BCUT2D eigenvalue weighted by molar-refractivity contribution is 5.38. The van der Waals surface area contributed by atoms with E-state index >= 15 is 0 Å². The fourth-order valence-electron chi connectivity index (χ4n) is 1.81. The van der Waals surface area contributed by atoms with E-state index in [4.69, 9.17) is 5.11 Å². The van der Waals surface area contributed by atoms with Crippen molar-refractivity contribution < 1.29 is 5.11 Å². The van der Waals surface area contributed by atoms with Crippen LogP contribution in [0, 0.1) is 6.92 Å². The van der Waals surface area contributed by atoms with Gasteiger partial charge in [-0.1, -0.05) is 29.8 Å². The van der Waals surface area contributed by atoms with Gasteiger partial charge in [-0.25, -0.2) is 0 Å². The number of aryl methyl sites for hydroxylation is 1. The number of nitrogens with zero attached hydrogens (tertiary/aromatic N) is 3. The molecule has 4 nitrogen and oxygen atoms in total. The summed E-state index contributed by atoms with van der Waals surface area (Å²) in [6, 6.07) is 12.0. The average molecular weight is 243 g/mol. The van der Waals surface area contributed by atoms with Crippen LogP contribution in [0.4, 0.5) is 5.82 Å². The van der Waals surface area contributed by atoms with Crippen LogP contribution >= 0.6 is 0 Å². The topological polar surface area (TPSA) is 49.2 Å². The Morgan fingerprint density at radius 3 is 2.61 bits per heavy atom. The molecule has 0 fully saturated rings. The number of benzene rings is 1. The third-order valence-electron chi connectivity index (χ3n) is 2.76. The van der Waals surface area contributed by atoms with Crippen LogP contribution in [-0.4, -0.2) is 22.4 Å². The number of rotatable bonds is 4. The van der Waals surface area contributed by atoms with E-state index in [2.05, 4.69) is 41.4 Å². The highest BCUT2D eigenvalue weighted by atomic mass is 16.3. The molecule has 4 heteroatoms. The van der Waals surface area contributed by atoms with Crippen LogP contribution in [0.3, 0.4) is 0 Å². The van der Waals surface area contributed by atoms with Crippen molar-refractivity contribution in [2.45, 2.75) is 20.1 Å². The van der Waals surface area contributed by atoms with Gasteiger partial charge in [0.2, 0.25) is 0 Å². The Hall–Kier alpha value is -1.94. The molecule has 0 aliphatic rings. The largest absolute Gasteiger partial charge is 0.390 e. The quantitative estimate of drug-likeness (QED) is 0.891. The minimum absolute atomic E-state index is 0.0745. The van der Waals surface area contributed by atoms with Gasteiger partial charge in [0.15, 0.2) is 5.82 Å². The molecule has 0 amide bonds. The summed E-state index contributed by atoms with van der Waals surface area (Å²) < 4.78 is 0. The summed E-state index contributed by atoms with van der Waals surface area (Å²) in [5.74, 6) is 0.800. The van der Waals surface area contributed by atoms with Gasteiger partial charge in [-0.15, -0.1) is 5.10 Å². The number of anilines is 1. The van der Waals surface area contributed by atoms with Gasteiger partial charge in [0.25, 0.3) is 0 Å². The van der Waals surface area contributed by atoms with E-state index in [1.165, 1.54) is 11.1 Å².